The maximum Gasteiger partial charge on any atom is 0.373 e. The number of hydrogen-bond acceptors (Lipinski definition) is 11. The number of methoxy groups -OCH3 is 1. The van der Waals surface area contributed by atoms with Crippen LogP contribution in [0.3, 0.4) is 0 Å². The second kappa shape index (κ2) is 13.5. The number of esters is 4. The van der Waals surface area contributed by atoms with Gasteiger partial charge in [0.2, 0.25) is 12.0 Å². The fourth-order valence-corrected chi connectivity index (χ4v) is 3.56. The predicted octanol–water partition coefficient (Wildman–Crippen LogP) is 2.40. The molecule has 1 aromatic carbocycles. The number of carbonyl (C=O) groups is 4. The van der Waals surface area contributed by atoms with Gasteiger partial charge in [0.1, 0.15) is 24.6 Å². The van der Waals surface area contributed by atoms with E-state index >= 15 is 0 Å². The number of ether oxygens (including phenoxy) is 7. The average molecular weight is 509 g/mol. The summed E-state index contributed by atoms with van der Waals surface area (Å²) < 4.78 is 38.2. The van der Waals surface area contributed by atoms with Crippen LogP contribution in [0.4, 0.5) is 0 Å². The average Bonchev–Trinajstić information content (AvgIpc) is 2.81. The standard InChI is InChI=1S/C25H32O11/c1-7-31-24(29)20(12-18-9-8-10-19(11-18)30-6)35-25-14(2)22(33-16(4)27)23(34-17(5)28)21(36-25)13-32-15(3)26/h8-12,14,21-23,25H,7,13H2,1-6H3/b20-12-/t14-,21-,22-,23-,25-/m0/s1. The fraction of sp³-hybridized carbons (Fsp3) is 0.520. The first-order valence-electron chi connectivity index (χ1n) is 11.4. The van der Waals surface area contributed by atoms with Crippen LogP contribution in [-0.4, -0.2) is 68.8 Å². The van der Waals surface area contributed by atoms with Gasteiger partial charge in [-0.25, -0.2) is 4.79 Å². The molecule has 1 heterocycles. The van der Waals surface area contributed by atoms with Crippen LogP contribution in [0, 0.1) is 5.92 Å². The quantitative estimate of drug-likeness (QED) is 0.200. The Morgan fingerprint density at radius 3 is 2.19 bits per heavy atom. The zero-order valence-corrected chi connectivity index (χ0v) is 21.2. The number of hydrogen-bond donors (Lipinski definition) is 0. The van der Waals surface area contributed by atoms with Crippen molar-refractivity contribution in [3.63, 3.8) is 0 Å². The molecule has 0 aromatic heterocycles. The van der Waals surface area contributed by atoms with Crippen LogP contribution in [-0.2, 0) is 47.6 Å². The molecule has 36 heavy (non-hydrogen) atoms. The Kier molecular flexibility index (Phi) is 10.7. The van der Waals surface area contributed by atoms with Gasteiger partial charge in [0.25, 0.3) is 0 Å². The summed E-state index contributed by atoms with van der Waals surface area (Å²) in [7, 11) is 1.51. The first kappa shape index (κ1) is 28.6. The van der Waals surface area contributed by atoms with Crippen molar-refractivity contribution in [2.75, 3.05) is 20.3 Å². The van der Waals surface area contributed by atoms with Crippen molar-refractivity contribution in [1.29, 1.82) is 0 Å². The van der Waals surface area contributed by atoms with E-state index in [-0.39, 0.29) is 19.0 Å². The van der Waals surface area contributed by atoms with E-state index in [2.05, 4.69) is 0 Å². The minimum absolute atomic E-state index is 0.0956. The van der Waals surface area contributed by atoms with Gasteiger partial charge in [-0.2, -0.15) is 0 Å². The lowest BCUT2D eigenvalue weighted by molar-refractivity contribution is -0.279. The van der Waals surface area contributed by atoms with Gasteiger partial charge in [0, 0.05) is 20.8 Å². The van der Waals surface area contributed by atoms with Gasteiger partial charge in [0.15, 0.2) is 6.10 Å². The minimum Gasteiger partial charge on any atom is -0.497 e. The summed E-state index contributed by atoms with van der Waals surface area (Å²) in [6.45, 7) is 6.68. The minimum atomic E-state index is -1.16. The Morgan fingerprint density at radius 1 is 0.944 bits per heavy atom. The molecule has 198 valence electrons. The lowest BCUT2D eigenvalue weighted by Crippen LogP contribution is -2.58. The van der Waals surface area contributed by atoms with Gasteiger partial charge >= 0.3 is 23.9 Å². The lowest BCUT2D eigenvalue weighted by atomic mass is 9.91. The lowest BCUT2D eigenvalue weighted by Gasteiger charge is -2.43. The number of rotatable bonds is 10. The third-order valence-electron chi connectivity index (χ3n) is 5.11. The third-order valence-corrected chi connectivity index (χ3v) is 5.11. The van der Waals surface area contributed by atoms with E-state index in [9.17, 15) is 19.2 Å². The van der Waals surface area contributed by atoms with E-state index in [1.807, 2.05) is 0 Å². The highest BCUT2D eigenvalue weighted by Gasteiger charge is 2.49. The molecule has 0 unspecified atom stereocenters. The summed E-state index contributed by atoms with van der Waals surface area (Å²) in [5.41, 5.74) is 0.589. The Morgan fingerprint density at radius 2 is 1.61 bits per heavy atom. The third kappa shape index (κ3) is 8.26. The summed E-state index contributed by atoms with van der Waals surface area (Å²) in [4.78, 5) is 47.8. The topological polar surface area (TPSA) is 133 Å². The second-order valence-corrected chi connectivity index (χ2v) is 7.98. The largest absolute Gasteiger partial charge is 0.497 e. The summed E-state index contributed by atoms with van der Waals surface area (Å²) in [5.74, 6) is -2.95. The molecule has 2 rings (SSSR count). The van der Waals surface area contributed by atoms with Gasteiger partial charge in [-0.3, -0.25) is 14.4 Å². The zero-order chi connectivity index (χ0) is 26.8. The van der Waals surface area contributed by atoms with Crippen LogP contribution < -0.4 is 4.74 Å². The van der Waals surface area contributed by atoms with Gasteiger partial charge < -0.3 is 33.2 Å². The molecule has 0 bridgehead atoms. The SMILES string of the molecule is CCOC(=O)/C(=C/c1cccc(OC)c1)O[C@H]1O[C@@H](COC(C)=O)[C@H](OC(C)=O)[C@@H](OC(C)=O)[C@@H]1C. The molecule has 0 aliphatic carbocycles. The molecular formula is C25H32O11. The molecule has 1 fully saturated rings. The molecule has 11 heteroatoms. The first-order chi connectivity index (χ1) is 17.0. The van der Waals surface area contributed by atoms with Crippen LogP contribution in [0.15, 0.2) is 30.0 Å². The van der Waals surface area contributed by atoms with Crippen molar-refractivity contribution < 1.29 is 52.3 Å². The zero-order valence-electron chi connectivity index (χ0n) is 21.2. The van der Waals surface area contributed by atoms with E-state index in [0.29, 0.717) is 11.3 Å². The smallest absolute Gasteiger partial charge is 0.373 e. The van der Waals surface area contributed by atoms with Crippen LogP contribution in [0.25, 0.3) is 6.08 Å². The molecule has 1 aliphatic rings. The van der Waals surface area contributed by atoms with E-state index < -0.39 is 54.4 Å². The number of carbonyl (C=O) groups excluding carboxylic acids is 4. The normalized spacial score (nSPS) is 23.7. The van der Waals surface area contributed by atoms with E-state index in [0.717, 1.165) is 0 Å². The molecule has 0 radical (unpaired) electrons. The maximum atomic E-state index is 12.7. The maximum absolute atomic E-state index is 12.7. The number of benzene rings is 1. The summed E-state index contributed by atoms with van der Waals surface area (Å²) >= 11 is 0. The Labute approximate surface area is 209 Å². The molecule has 1 saturated heterocycles. The van der Waals surface area contributed by atoms with E-state index in [1.54, 1.807) is 38.1 Å². The molecule has 5 atom stereocenters. The van der Waals surface area contributed by atoms with E-state index in [1.165, 1.54) is 34.0 Å². The fourth-order valence-electron chi connectivity index (χ4n) is 3.56. The summed E-state index contributed by atoms with van der Waals surface area (Å²) in [5, 5.41) is 0. The van der Waals surface area contributed by atoms with Gasteiger partial charge in [-0.1, -0.05) is 19.1 Å². The van der Waals surface area contributed by atoms with Crippen LogP contribution >= 0.6 is 0 Å². The van der Waals surface area contributed by atoms with Crippen molar-refractivity contribution in [2.24, 2.45) is 5.92 Å². The molecule has 1 aromatic rings. The summed E-state index contributed by atoms with van der Waals surface area (Å²) in [6.07, 6.45) is -2.87. The van der Waals surface area contributed by atoms with Crippen molar-refractivity contribution in [1.82, 2.24) is 0 Å². The molecule has 0 amide bonds. The Hall–Kier alpha value is -3.60. The molecular weight excluding hydrogens is 476 g/mol. The van der Waals surface area contributed by atoms with Gasteiger partial charge in [0.05, 0.1) is 19.6 Å². The Balaban J connectivity index is 2.44. The molecule has 11 nitrogen and oxygen atoms in total. The summed E-state index contributed by atoms with van der Waals surface area (Å²) in [6, 6.07) is 6.91. The first-order valence-corrected chi connectivity index (χ1v) is 11.4. The predicted molar refractivity (Wildman–Crippen MR) is 124 cm³/mol. The van der Waals surface area contributed by atoms with Crippen molar-refractivity contribution in [2.45, 2.75) is 59.2 Å². The van der Waals surface area contributed by atoms with Crippen LogP contribution in [0.2, 0.25) is 0 Å². The van der Waals surface area contributed by atoms with Crippen molar-refractivity contribution in [3.8, 4) is 5.75 Å². The van der Waals surface area contributed by atoms with Gasteiger partial charge in [-0.05, 0) is 30.7 Å². The Bertz CT molecular complexity index is 971. The highest BCUT2D eigenvalue weighted by Crippen LogP contribution is 2.33. The molecule has 1 aliphatic heterocycles. The monoisotopic (exact) mass is 508 g/mol. The van der Waals surface area contributed by atoms with Crippen LogP contribution in [0.5, 0.6) is 5.75 Å². The molecule has 0 N–H and O–H groups in total. The van der Waals surface area contributed by atoms with Gasteiger partial charge in [-0.15, -0.1) is 0 Å². The van der Waals surface area contributed by atoms with Crippen molar-refractivity contribution >= 4 is 30.0 Å². The van der Waals surface area contributed by atoms with Crippen molar-refractivity contribution in [3.05, 3.63) is 35.6 Å². The second-order valence-electron chi connectivity index (χ2n) is 7.98. The van der Waals surface area contributed by atoms with E-state index in [4.69, 9.17) is 33.2 Å². The molecule has 0 spiro atoms. The highest BCUT2D eigenvalue weighted by molar-refractivity contribution is 5.91. The molecule has 0 saturated carbocycles. The highest BCUT2D eigenvalue weighted by atomic mass is 16.7. The van der Waals surface area contributed by atoms with Crippen LogP contribution in [0.1, 0.15) is 40.2 Å².